The lowest BCUT2D eigenvalue weighted by molar-refractivity contribution is -0.119. The zero-order valence-corrected chi connectivity index (χ0v) is 15.3. The number of aryl methyl sites for hydroxylation is 1. The molecule has 1 saturated heterocycles. The van der Waals surface area contributed by atoms with Gasteiger partial charge in [-0.05, 0) is 36.6 Å². The number of amides is 1. The minimum Gasteiger partial charge on any atom is -0.368 e. The van der Waals surface area contributed by atoms with E-state index in [0.29, 0.717) is 12.2 Å². The molecule has 1 aromatic carbocycles. The van der Waals surface area contributed by atoms with Gasteiger partial charge in [-0.1, -0.05) is 18.2 Å². The lowest BCUT2D eigenvalue weighted by Gasteiger charge is -2.37. The molecule has 1 aromatic heterocycles. The van der Waals surface area contributed by atoms with E-state index in [0.717, 1.165) is 56.9 Å². The first-order valence-electron chi connectivity index (χ1n) is 9.46. The summed E-state index contributed by atoms with van der Waals surface area (Å²) in [6.07, 6.45) is 3.84. The third-order valence-corrected chi connectivity index (χ3v) is 5.37. The molecule has 0 bridgehead atoms. The molecule has 2 aromatic rings. The number of carbonyl (C=O) groups excluding carboxylic acids is 1. The monoisotopic (exact) mass is 361 g/mol. The van der Waals surface area contributed by atoms with Crippen LogP contribution in [0.15, 0.2) is 42.6 Å². The van der Waals surface area contributed by atoms with Crippen LogP contribution in [0.25, 0.3) is 0 Å². The van der Waals surface area contributed by atoms with Gasteiger partial charge in [-0.15, -0.1) is 0 Å². The number of pyridine rings is 1. The molecule has 0 aliphatic carbocycles. The van der Waals surface area contributed by atoms with Crippen molar-refractivity contribution < 1.29 is 4.79 Å². The van der Waals surface area contributed by atoms with Crippen molar-refractivity contribution in [2.24, 2.45) is 0 Å². The van der Waals surface area contributed by atoms with Gasteiger partial charge in [-0.25, -0.2) is 4.98 Å². The van der Waals surface area contributed by atoms with E-state index in [1.807, 2.05) is 29.2 Å². The molecule has 0 N–H and O–H groups in total. The highest BCUT2D eigenvalue weighted by atomic mass is 16.2. The summed E-state index contributed by atoms with van der Waals surface area (Å²) in [4.78, 5) is 23.5. The van der Waals surface area contributed by atoms with Crippen LogP contribution in [0.1, 0.15) is 17.7 Å². The third kappa shape index (κ3) is 3.79. The number of carbonyl (C=O) groups is 1. The SMILES string of the molecule is N#Cc1ccc(N2CCN(CC(=O)N3CCCc4ccccc43)CC2)cn1. The number of para-hydroxylation sites is 1. The first-order valence-corrected chi connectivity index (χ1v) is 9.46. The van der Waals surface area contributed by atoms with Crippen LogP contribution in [0.5, 0.6) is 0 Å². The second kappa shape index (κ2) is 7.77. The Morgan fingerprint density at radius 3 is 2.63 bits per heavy atom. The third-order valence-electron chi connectivity index (χ3n) is 5.37. The minimum atomic E-state index is 0.190. The summed E-state index contributed by atoms with van der Waals surface area (Å²) >= 11 is 0. The molecule has 0 atom stereocenters. The average molecular weight is 361 g/mol. The molecule has 4 rings (SSSR count). The molecule has 2 aliphatic heterocycles. The van der Waals surface area contributed by atoms with Gasteiger partial charge < -0.3 is 9.80 Å². The van der Waals surface area contributed by atoms with E-state index in [1.54, 1.807) is 12.3 Å². The van der Waals surface area contributed by atoms with Crippen LogP contribution in [-0.4, -0.2) is 55.1 Å². The Bertz CT molecular complexity index is 850. The highest BCUT2D eigenvalue weighted by Crippen LogP contribution is 2.27. The van der Waals surface area contributed by atoms with E-state index >= 15 is 0 Å². The zero-order chi connectivity index (χ0) is 18.6. The highest BCUT2D eigenvalue weighted by molar-refractivity contribution is 5.96. The number of fused-ring (bicyclic) bond motifs is 1. The molecule has 0 unspecified atom stereocenters. The zero-order valence-electron chi connectivity index (χ0n) is 15.3. The van der Waals surface area contributed by atoms with Crippen molar-refractivity contribution in [2.45, 2.75) is 12.8 Å². The Hall–Kier alpha value is -2.91. The van der Waals surface area contributed by atoms with Crippen LogP contribution in [0.2, 0.25) is 0 Å². The summed E-state index contributed by atoms with van der Waals surface area (Å²) in [7, 11) is 0. The second-order valence-electron chi connectivity index (χ2n) is 7.05. The van der Waals surface area contributed by atoms with Gasteiger partial charge in [0.25, 0.3) is 0 Å². The average Bonchev–Trinajstić information content (AvgIpc) is 2.74. The van der Waals surface area contributed by atoms with Crippen LogP contribution in [-0.2, 0) is 11.2 Å². The molecule has 1 amide bonds. The Kier molecular flexibility index (Phi) is 5.03. The van der Waals surface area contributed by atoms with Crippen molar-refractivity contribution in [2.75, 3.05) is 49.1 Å². The number of nitrogens with zero attached hydrogens (tertiary/aromatic N) is 5. The molecule has 6 nitrogen and oxygen atoms in total. The van der Waals surface area contributed by atoms with Crippen LogP contribution in [0.4, 0.5) is 11.4 Å². The van der Waals surface area contributed by atoms with Crippen LogP contribution < -0.4 is 9.80 Å². The molecule has 138 valence electrons. The summed E-state index contributed by atoms with van der Waals surface area (Å²) in [6.45, 7) is 4.69. The van der Waals surface area contributed by atoms with Crippen molar-refractivity contribution in [3.8, 4) is 6.07 Å². The Labute approximate surface area is 159 Å². The largest absolute Gasteiger partial charge is 0.368 e. The van der Waals surface area contributed by atoms with Crippen LogP contribution in [0, 0.1) is 11.3 Å². The number of nitriles is 1. The molecular formula is C21H23N5O. The summed E-state index contributed by atoms with van der Waals surface area (Å²) in [6, 6.07) is 14.0. The normalized spacial score (nSPS) is 17.3. The van der Waals surface area contributed by atoms with Gasteiger partial charge in [0.05, 0.1) is 18.4 Å². The second-order valence-corrected chi connectivity index (χ2v) is 7.05. The highest BCUT2D eigenvalue weighted by Gasteiger charge is 2.25. The summed E-state index contributed by atoms with van der Waals surface area (Å²) in [5, 5.41) is 8.86. The van der Waals surface area contributed by atoms with Crippen molar-refractivity contribution in [1.82, 2.24) is 9.88 Å². The number of piperazine rings is 1. The molecule has 2 aliphatic rings. The molecule has 0 spiro atoms. The van der Waals surface area contributed by atoms with E-state index in [1.165, 1.54) is 5.56 Å². The summed E-state index contributed by atoms with van der Waals surface area (Å²) in [5.74, 6) is 0.190. The predicted octanol–water partition coefficient (Wildman–Crippen LogP) is 2.05. The van der Waals surface area contributed by atoms with E-state index < -0.39 is 0 Å². The molecule has 1 fully saturated rings. The molecule has 0 radical (unpaired) electrons. The van der Waals surface area contributed by atoms with E-state index in [4.69, 9.17) is 5.26 Å². The number of benzene rings is 1. The first kappa shape index (κ1) is 17.5. The van der Waals surface area contributed by atoms with Crippen molar-refractivity contribution >= 4 is 17.3 Å². The van der Waals surface area contributed by atoms with E-state index in [2.05, 4.69) is 26.9 Å². The Morgan fingerprint density at radius 1 is 1.07 bits per heavy atom. The van der Waals surface area contributed by atoms with Crippen LogP contribution >= 0.6 is 0 Å². The van der Waals surface area contributed by atoms with Gasteiger partial charge in [0.1, 0.15) is 11.8 Å². The molecule has 3 heterocycles. The van der Waals surface area contributed by atoms with Gasteiger partial charge >= 0.3 is 0 Å². The number of aromatic nitrogens is 1. The van der Waals surface area contributed by atoms with Gasteiger partial charge in [0, 0.05) is 38.4 Å². The topological polar surface area (TPSA) is 63.5 Å². The summed E-state index contributed by atoms with van der Waals surface area (Å²) in [5.41, 5.74) is 3.82. The fourth-order valence-corrected chi connectivity index (χ4v) is 3.87. The maximum atomic E-state index is 12.9. The molecule has 0 saturated carbocycles. The summed E-state index contributed by atoms with van der Waals surface area (Å²) < 4.78 is 0. The fourth-order valence-electron chi connectivity index (χ4n) is 3.87. The number of rotatable bonds is 3. The van der Waals surface area contributed by atoms with E-state index in [-0.39, 0.29) is 5.91 Å². The molecule has 27 heavy (non-hydrogen) atoms. The van der Waals surface area contributed by atoms with Crippen LogP contribution in [0.3, 0.4) is 0 Å². The predicted molar refractivity (Wildman–Crippen MR) is 105 cm³/mol. The van der Waals surface area contributed by atoms with Crippen molar-refractivity contribution in [3.63, 3.8) is 0 Å². The molecule has 6 heteroatoms. The maximum absolute atomic E-state index is 12.9. The standard InChI is InChI=1S/C21H23N5O/c22-14-18-7-8-19(15-23-18)25-12-10-24(11-13-25)16-21(27)26-9-3-5-17-4-1-2-6-20(17)26/h1-2,4,6-8,15H,3,5,9-13,16H2. The Balaban J connectivity index is 1.34. The fraction of sp³-hybridized carbons (Fsp3) is 0.381. The minimum absolute atomic E-state index is 0.190. The maximum Gasteiger partial charge on any atom is 0.241 e. The van der Waals surface area contributed by atoms with Gasteiger partial charge in [-0.2, -0.15) is 5.26 Å². The van der Waals surface area contributed by atoms with E-state index in [9.17, 15) is 4.79 Å². The quantitative estimate of drug-likeness (QED) is 0.837. The smallest absolute Gasteiger partial charge is 0.241 e. The van der Waals surface area contributed by atoms with Gasteiger partial charge in [0.15, 0.2) is 0 Å². The lowest BCUT2D eigenvalue weighted by atomic mass is 10.0. The van der Waals surface area contributed by atoms with Gasteiger partial charge in [-0.3, -0.25) is 9.69 Å². The Morgan fingerprint density at radius 2 is 1.89 bits per heavy atom. The van der Waals surface area contributed by atoms with Crippen molar-refractivity contribution in [3.05, 3.63) is 53.9 Å². The number of hydrogen-bond acceptors (Lipinski definition) is 5. The number of anilines is 2. The lowest BCUT2D eigenvalue weighted by Crippen LogP contribution is -2.50. The first-order chi connectivity index (χ1) is 13.2. The number of hydrogen-bond donors (Lipinski definition) is 0. The van der Waals surface area contributed by atoms with Crippen molar-refractivity contribution in [1.29, 1.82) is 5.26 Å². The van der Waals surface area contributed by atoms with Gasteiger partial charge in [0.2, 0.25) is 5.91 Å². The molecular weight excluding hydrogens is 338 g/mol.